The maximum absolute atomic E-state index is 3.60. The van der Waals surface area contributed by atoms with Gasteiger partial charge < -0.3 is 5.32 Å². The lowest BCUT2D eigenvalue weighted by Crippen LogP contribution is -2.26. The summed E-state index contributed by atoms with van der Waals surface area (Å²) in [5, 5.41) is 3.60. The summed E-state index contributed by atoms with van der Waals surface area (Å²) in [7, 11) is 0. The molecule has 0 aliphatic heterocycles. The van der Waals surface area contributed by atoms with E-state index in [-0.39, 0.29) is 0 Å². The van der Waals surface area contributed by atoms with E-state index in [1.165, 1.54) is 37.7 Å². The van der Waals surface area contributed by atoms with Gasteiger partial charge in [0.15, 0.2) is 0 Å². The average molecular weight is 261 g/mol. The largest absolute Gasteiger partial charge is 0.316 e. The van der Waals surface area contributed by atoms with Gasteiger partial charge in [0.25, 0.3) is 0 Å². The third-order valence-electron chi connectivity index (χ3n) is 3.74. The summed E-state index contributed by atoms with van der Waals surface area (Å²) >= 11 is 0. The maximum Gasteiger partial charge on any atom is -0.00172 e. The minimum Gasteiger partial charge on any atom is -0.316 e. The van der Waals surface area contributed by atoms with Gasteiger partial charge in [-0.3, -0.25) is 0 Å². The summed E-state index contributed by atoms with van der Waals surface area (Å²) < 4.78 is 0. The Bertz CT molecular complexity index is 307. The van der Waals surface area contributed by atoms with Gasteiger partial charge in [0, 0.05) is 0 Å². The second-order valence-corrected chi connectivity index (χ2v) is 5.89. The van der Waals surface area contributed by atoms with E-state index in [4.69, 9.17) is 0 Å². The second-order valence-electron chi connectivity index (χ2n) is 5.89. The normalized spacial score (nSPS) is 14.3. The van der Waals surface area contributed by atoms with E-state index in [0.29, 0.717) is 0 Å². The fraction of sp³-hybridized carbons (Fsp3) is 0.667. The number of nitrogens with one attached hydrogen (secondary N) is 1. The van der Waals surface area contributed by atoms with Gasteiger partial charge in [0.2, 0.25) is 0 Å². The van der Waals surface area contributed by atoms with Crippen LogP contribution in [0, 0.1) is 11.8 Å². The molecule has 0 aliphatic rings. The molecular formula is C18H31N. The van der Waals surface area contributed by atoms with Gasteiger partial charge in [-0.25, -0.2) is 0 Å². The Kier molecular flexibility index (Phi) is 8.57. The van der Waals surface area contributed by atoms with Gasteiger partial charge >= 0.3 is 0 Å². The van der Waals surface area contributed by atoms with Crippen LogP contribution in [-0.2, 0) is 6.42 Å². The minimum atomic E-state index is 0.774. The van der Waals surface area contributed by atoms with Gasteiger partial charge in [-0.15, -0.1) is 0 Å². The lowest BCUT2D eigenvalue weighted by Gasteiger charge is -2.21. The molecule has 1 aromatic rings. The monoisotopic (exact) mass is 261 g/mol. The van der Waals surface area contributed by atoms with Crippen molar-refractivity contribution in [3.8, 4) is 0 Å². The fourth-order valence-corrected chi connectivity index (χ4v) is 2.85. The van der Waals surface area contributed by atoms with Crippen molar-refractivity contribution in [1.82, 2.24) is 5.32 Å². The molecule has 2 unspecified atom stereocenters. The first kappa shape index (κ1) is 16.2. The van der Waals surface area contributed by atoms with Crippen LogP contribution < -0.4 is 5.32 Å². The minimum absolute atomic E-state index is 0.774. The molecule has 0 saturated carbocycles. The van der Waals surface area contributed by atoms with Crippen LogP contribution in [0.15, 0.2) is 30.3 Å². The van der Waals surface area contributed by atoms with E-state index in [2.05, 4.69) is 56.4 Å². The molecule has 1 N–H and O–H groups in total. The van der Waals surface area contributed by atoms with Crippen LogP contribution in [0.25, 0.3) is 0 Å². The third kappa shape index (κ3) is 7.37. The SMILES string of the molecule is CCCNCC(Cc1ccccc1)CC(C)CCC. The molecule has 1 nitrogen and oxygen atoms in total. The first-order valence-corrected chi connectivity index (χ1v) is 8.00. The van der Waals surface area contributed by atoms with Crippen molar-refractivity contribution < 1.29 is 0 Å². The van der Waals surface area contributed by atoms with E-state index in [0.717, 1.165) is 24.9 Å². The van der Waals surface area contributed by atoms with Crippen LogP contribution in [0.3, 0.4) is 0 Å². The zero-order valence-corrected chi connectivity index (χ0v) is 13.0. The van der Waals surface area contributed by atoms with Crippen molar-refractivity contribution in [2.24, 2.45) is 11.8 Å². The highest BCUT2D eigenvalue weighted by Crippen LogP contribution is 2.20. The summed E-state index contributed by atoms with van der Waals surface area (Å²) in [6, 6.07) is 10.9. The summed E-state index contributed by atoms with van der Waals surface area (Å²) in [4.78, 5) is 0. The van der Waals surface area contributed by atoms with Gasteiger partial charge in [0.1, 0.15) is 0 Å². The molecule has 0 spiro atoms. The van der Waals surface area contributed by atoms with E-state index in [1.54, 1.807) is 0 Å². The van der Waals surface area contributed by atoms with E-state index in [1.807, 2.05) is 0 Å². The number of rotatable bonds is 10. The Hall–Kier alpha value is -0.820. The van der Waals surface area contributed by atoms with Gasteiger partial charge in [-0.2, -0.15) is 0 Å². The molecule has 108 valence electrons. The number of benzene rings is 1. The van der Waals surface area contributed by atoms with E-state index < -0.39 is 0 Å². The quantitative estimate of drug-likeness (QED) is 0.603. The number of hydrogen-bond donors (Lipinski definition) is 1. The van der Waals surface area contributed by atoms with Crippen LogP contribution in [0.2, 0.25) is 0 Å². The molecular weight excluding hydrogens is 230 g/mol. The standard InChI is InChI=1S/C18H31N/c1-4-9-16(3)13-18(15-19-12-5-2)14-17-10-7-6-8-11-17/h6-8,10-11,16,18-19H,4-5,9,12-15H2,1-3H3. The highest BCUT2D eigenvalue weighted by molar-refractivity contribution is 5.15. The molecule has 19 heavy (non-hydrogen) atoms. The zero-order valence-electron chi connectivity index (χ0n) is 13.0. The summed E-state index contributed by atoms with van der Waals surface area (Å²) in [6.45, 7) is 9.24. The van der Waals surface area contributed by atoms with E-state index in [9.17, 15) is 0 Å². The molecule has 0 aliphatic carbocycles. The predicted molar refractivity (Wildman–Crippen MR) is 85.5 cm³/mol. The van der Waals surface area contributed by atoms with Crippen molar-refractivity contribution in [3.05, 3.63) is 35.9 Å². The van der Waals surface area contributed by atoms with Crippen molar-refractivity contribution >= 4 is 0 Å². The number of hydrogen-bond acceptors (Lipinski definition) is 1. The summed E-state index contributed by atoms with van der Waals surface area (Å²) in [5.41, 5.74) is 1.48. The lowest BCUT2D eigenvalue weighted by molar-refractivity contribution is 0.354. The molecule has 2 atom stereocenters. The summed E-state index contributed by atoms with van der Waals surface area (Å²) in [6.07, 6.45) is 6.45. The molecule has 1 aromatic carbocycles. The predicted octanol–water partition coefficient (Wildman–Crippen LogP) is 4.67. The molecule has 0 fully saturated rings. The Morgan fingerprint density at radius 1 is 1.05 bits per heavy atom. The Labute approximate surface area is 119 Å². The molecule has 0 amide bonds. The molecule has 0 radical (unpaired) electrons. The van der Waals surface area contributed by atoms with Crippen LogP contribution in [0.5, 0.6) is 0 Å². The van der Waals surface area contributed by atoms with Gasteiger partial charge in [-0.05, 0) is 49.8 Å². The Morgan fingerprint density at radius 3 is 2.42 bits per heavy atom. The molecule has 1 heteroatoms. The van der Waals surface area contributed by atoms with Gasteiger partial charge in [0.05, 0.1) is 0 Å². The smallest absolute Gasteiger partial charge is 0.00172 e. The van der Waals surface area contributed by atoms with Gasteiger partial charge in [-0.1, -0.05) is 63.9 Å². The molecule has 0 heterocycles. The third-order valence-corrected chi connectivity index (χ3v) is 3.74. The van der Waals surface area contributed by atoms with Crippen molar-refractivity contribution in [2.45, 2.75) is 52.9 Å². The molecule has 1 rings (SSSR count). The van der Waals surface area contributed by atoms with Crippen LogP contribution >= 0.6 is 0 Å². The summed E-state index contributed by atoms with van der Waals surface area (Å²) in [5.74, 6) is 1.62. The van der Waals surface area contributed by atoms with Crippen LogP contribution in [0.4, 0.5) is 0 Å². The topological polar surface area (TPSA) is 12.0 Å². The first-order chi connectivity index (χ1) is 9.26. The molecule has 0 saturated heterocycles. The van der Waals surface area contributed by atoms with Crippen LogP contribution in [-0.4, -0.2) is 13.1 Å². The Balaban J connectivity index is 2.48. The maximum atomic E-state index is 3.60. The average Bonchev–Trinajstić information content (AvgIpc) is 2.40. The molecule has 0 bridgehead atoms. The van der Waals surface area contributed by atoms with Crippen molar-refractivity contribution in [2.75, 3.05) is 13.1 Å². The molecule has 0 aromatic heterocycles. The van der Waals surface area contributed by atoms with Crippen LogP contribution in [0.1, 0.15) is 52.0 Å². The zero-order chi connectivity index (χ0) is 13.9. The fourth-order valence-electron chi connectivity index (χ4n) is 2.85. The van der Waals surface area contributed by atoms with Crippen molar-refractivity contribution in [3.63, 3.8) is 0 Å². The highest BCUT2D eigenvalue weighted by atomic mass is 14.8. The van der Waals surface area contributed by atoms with Crippen molar-refractivity contribution in [1.29, 1.82) is 0 Å². The second kappa shape index (κ2) is 10.0. The Morgan fingerprint density at radius 2 is 1.79 bits per heavy atom. The lowest BCUT2D eigenvalue weighted by atomic mass is 9.88. The highest BCUT2D eigenvalue weighted by Gasteiger charge is 2.13. The first-order valence-electron chi connectivity index (χ1n) is 8.00. The van der Waals surface area contributed by atoms with E-state index >= 15 is 0 Å².